The Balaban J connectivity index is 3.39. The van der Waals surface area contributed by atoms with Crippen LogP contribution in [-0.4, -0.2) is 12.0 Å². The van der Waals surface area contributed by atoms with Crippen LogP contribution in [0.15, 0.2) is 12.2 Å². The number of hydrogen-bond acceptors (Lipinski definition) is 3. The maximum absolute atomic E-state index is 12.8. The zero-order valence-corrected chi connectivity index (χ0v) is 5.69. The number of nitrogens with zero attached hydrogens (tertiary/aromatic N) is 1. The molecule has 2 N–H and O–H groups in total. The largest absolute Gasteiger partial charge is 0.495 e. The van der Waals surface area contributed by atoms with E-state index in [9.17, 15) is 8.78 Å². The molecule has 0 bridgehead atoms. The van der Waals surface area contributed by atoms with E-state index in [0.717, 1.165) is 0 Å². The number of rotatable bonds is 2. The van der Waals surface area contributed by atoms with Gasteiger partial charge in [0.15, 0.2) is 0 Å². The lowest BCUT2D eigenvalue weighted by atomic mass is 10.3. The lowest BCUT2D eigenvalue weighted by Gasteiger charge is -2.04. The highest BCUT2D eigenvalue weighted by molar-refractivity contribution is 5.47. The molecule has 0 saturated carbocycles. The molecule has 0 aromatic carbocycles. The van der Waals surface area contributed by atoms with Gasteiger partial charge in [0.2, 0.25) is 0 Å². The van der Waals surface area contributed by atoms with E-state index in [4.69, 9.17) is 14.0 Å². The minimum atomic E-state index is -4.19. The van der Waals surface area contributed by atoms with Crippen molar-refractivity contribution in [1.82, 2.24) is 4.98 Å². The lowest BCUT2D eigenvalue weighted by Crippen LogP contribution is -1.98. The molecule has 1 heterocycles. The fourth-order valence-electron chi connectivity index (χ4n) is 0.569. The van der Waals surface area contributed by atoms with Crippen LogP contribution in [0.25, 0.3) is 0 Å². The van der Waals surface area contributed by atoms with Gasteiger partial charge in [0.05, 0.1) is 25.8 Å². The van der Waals surface area contributed by atoms with Crippen molar-refractivity contribution in [2.24, 2.45) is 0 Å². The third-order valence-electron chi connectivity index (χ3n) is 1.05. The van der Waals surface area contributed by atoms with Crippen LogP contribution in [0, 0.1) is 0 Å². The Morgan fingerprint density at radius 2 is 2.67 bits per heavy atom. The summed E-state index contributed by atoms with van der Waals surface area (Å²) in [4.78, 5) is 3.00. The van der Waals surface area contributed by atoms with Gasteiger partial charge in [0, 0.05) is 6.04 Å². The number of anilines is 1. The van der Waals surface area contributed by atoms with Crippen molar-refractivity contribution in [2.45, 2.75) is 6.40 Å². The number of methoxy groups -OCH3 is 1. The molecule has 0 atom stereocenters. The maximum atomic E-state index is 12.8. The van der Waals surface area contributed by atoms with E-state index >= 15 is 0 Å². The number of aromatic nitrogens is 1. The van der Waals surface area contributed by atoms with Gasteiger partial charge in [0.1, 0.15) is 12.8 Å². The molecule has 0 unspecified atom stereocenters. The number of nitrogen functional groups attached to an aromatic ring is 1. The Bertz CT molecular complexity index is 472. The monoisotopic (exact) mass is 180 g/mol. The molecule has 0 fully saturated rings. The molecule has 0 amide bonds. The summed E-state index contributed by atoms with van der Waals surface area (Å²) < 4.78 is 71.2. The summed E-state index contributed by atoms with van der Waals surface area (Å²) in [6.07, 6.45) is -5.18. The van der Waals surface area contributed by atoms with E-state index in [1.165, 1.54) is 0 Å². The summed E-state index contributed by atoms with van der Waals surface area (Å²) in [7, 11) is -2.97. The Kier molecular flexibility index (Phi) is 0.988. The molecule has 5 heteroatoms. The molecule has 0 aliphatic rings. The smallest absolute Gasteiger partial charge is 0.282 e. The van der Waals surface area contributed by atoms with Crippen LogP contribution in [0.4, 0.5) is 14.5 Å². The first-order valence-electron chi connectivity index (χ1n) is 5.77. The van der Waals surface area contributed by atoms with Crippen LogP contribution >= 0.6 is 0 Å². The van der Waals surface area contributed by atoms with Gasteiger partial charge >= 0.3 is 0 Å². The van der Waals surface area contributed by atoms with Crippen LogP contribution in [0.1, 0.15) is 20.3 Å². The van der Waals surface area contributed by atoms with Gasteiger partial charge in [-0.1, -0.05) is 0 Å². The van der Waals surface area contributed by atoms with Gasteiger partial charge in [-0.2, -0.15) is 0 Å². The van der Waals surface area contributed by atoms with Crippen LogP contribution in [0.2, 0.25) is 0 Å². The molecule has 1 aromatic rings. The van der Waals surface area contributed by atoms with Gasteiger partial charge < -0.3 is 10.5 Å². The third-order valence-corrected chi connectivity index (χ3v) is 1.05. The Morgan fingerprint density at radius 1 is 1.92 bits per heavy atom. The zero-order valence-electron chi connectivity index (χ0n) is 11.7. The molecule has 66 valence electrons. The third kappa shape index (κ3) is 1.61. The number of alkyl halides is 2. The SMILES string of the molecule is [2H]c1nc(C([2H])(F)F)c(N)c([2H])c1OC([2H])([2H])[2H]. The molecule has 3 nitrogen and oxygen atoms in total. The van der Waals surface area contributed by atoms with Gasteiger partial charge in [-0.3, -0.25) is 0 Å². The van der Waals surface area contributed by atoms with Crippen molar-refractivity contribution in [3.63, 3.8) is 0 Å². The average molecular weight is 180 g/mol. The number of hydrogen-bond donors (Lipinski definition) is 1. The standard InChI is InChI=1S/C7H8F2N2O/c1-12-4-2-5(10)6(7(8)9)11-3-4/h2-3,7H,10H2,1H3/i1D3,2D,3D,7D. The molecular weight excluding hydrogens is 166 g/mol. The lowest BCUT2D eigenvalue weighted by molar-refractivity contribution is 0.147. The van der Waals surface area contributed by atoms with Gasteiger partial charge in [-0.15, -0.1) is 0 Å². The van der Waals surface area contributed by atoms with Crippen molar-refractivity contribution in [2.75, 3.05) is 12.8 Å². The quantitative estimate of drug-likeness (QED) is 0.752. The molecule has 0 spiro atoms. The molecular formula is C7H8F2N2O. The fourth-order valence-corrected chi connectivity index (χ4v) is 0.569. The van der Waals surface area contributed by atoms with Crippen molar-refractivity contribution in [3.05, 3.63) is 17.9 Å². The number of nitrogens with two attached hydrogens (primary N) is 1. The summed E-state index contributed by atoms with van der Waals surface area (Å²) in [5.74, 6) is -0.833. The normalized spacial score (nSPS) is 19.5. The molecule has 0 aliphatic carbocycles. The topological polar surface area (TPSA) is 48.1 Å². The summed E-state index contributed by atoms with van der Waals surface area (Å²) in [6, 6.07) is -0.909. The van der Waals surface area contributed by atoms with Gasteiger partial charge in [0.25, 0.3) is 6.40 Å². The van der Waals surface area contributed by atoms with Crippen molar-refractivity contribution >= 4 is 5.69 Å². The summed E-state index contributed by atoms with van der Waals surface area (Å²) in [5.41, 5.74) is 2.98. The second-order valence-corrected chi connectivity index (χ2v) is 1.80. The summed E-state index contributed by atoms with van der Waals surface area (Å²) >= 11 is 0. The van der Waals surface area contributed by atoms with E-state index in [0.29, 0.717) is 0 Å². The molecule has 0 radical (unpaired) electrons. The Morgan fingerprint density at radius 3 is 3.25 bits per heavy atom. The summed E-state index contributed by atoms with van der Waals surface area (Å²) in [5, 5.41) is 0. The summed E-state index contributed by atoms with van der Waals surface area (Å²) in [6.45, 7) is 0. The zero-order chi connectivity index (χ0) is 14.3. The minimum Gasteiger partial charge on any atom is -0.495 e. The average Bonchev–Trinajstić information content (AvgIpc) is 2.15. The van der Waals surface area contributed by atoms with Gasteiger partial charge in [-0.25, -0.2) is 13.8 Å². The molecule has 0 saturated heterocycles. The van der Waals surface area contributed by atoms with Crippen molar-refractivity contribution in [1.29, 1.82) is 0 Å². The van der Waals surface area contributed by atoms with Crippen molar-refractivity contribution in [3.8, 4) is 5.75 Å². The highest BCUT2D eigenvalue weighted by atomic mass is 19.3. The predicted octanol–water partition coefficient (Wildman–Crippen LogP) is 1.61. The maximum Gasteiger partial charge on any atom is 0.282 e. The predicted molar refractivity (Wildman–Crippen MR) is 40.2 cm³/mol. The van der Waals surface area contributed by atoms with E-state index in [1.807, 2.05) is 0 Å². The molecule has 12 heavy (non-hydrogen) atoms. The van der Waals surface area contributed by atoms with E-state index < -0.39 is 42.8 Å². The first-order valence-corrected chi connectivity index (χ1v) is 2.77. The second kappa shape index (κ2) is 3.34. The Labute approximate surface area is 76.6 Å². The first kappa shape index (κ1) is 3.55. The first-order chi connectivity index (χ1) is 7.93. The van der Waals surface area contributed by atoms with Gasteiger partial charge in [-0.05, 0) is 0 Å². The number of halogens is 2. The van der Waals surface area contributed by atoms with Crippen LogP contribution in [0.3, 0.4) is 0 Å². The highest BCUT2D eigenvalue weighted by Gasteiger charge is 2.12. The van der Waals surface area contributed by atoms with E-state index in [1.54, 1.807) is 0 Å². The van der Waals surface area contributed by atoms with E-state index in [-0.39, 0.29) is 0 Å². The highest BCUT2D eigenvalue weighted by Crippen LogP contribution is 2.25. The van der Waals surface area contributed by atoms with Crippen LogP contribution in [0.5, 0.6) is 5.75 Å². The second-order valence-electron chi connectivity index (χ2n) is 1.80. The van der Waals surface area contributed by atoms with Crippen molar-refractivity contribution < 1.29 is 21.7 Å². The number of pyridine rings is 1. The Hall–Kier alpha value is -1.39. The molecule has 0 aliphatic heterocycles. The molecule has 1 rings (SSSR count). The fraction of sp³-hybridized carbons (Fsp3) is 0.286. The van der Waals surface area contributed by atoms with E-state index in [2.05, 4.69) is 9.72 Å². The van der Waals surface area contributed by atoms with Crippen LogP contribution in [-0.2, 0) is 0 Å². The number of ether oxygens (including phenoxy) is 1. The van der Waals surface area contributed by atoms with Crippen LogP contribution < -0.4 is 10.5 Å². The minimum absolute atomic E-state index is 0.833. The molecule has 1 aromatic heterocycles.